The molecule has 8 nitrogen and oxygen atoms in total. The second-order valence-electron chi connectivity index (χ2n) is 10.6. The smallest absolute Gasteiger partial charge is 0.229 e. The molecular formula is C27H37FN6O2. The minimum atomic E-state index is -0.477. The largest absolute Gasteiger partial charge is 0.497 e. The van der Waals surface area contributed by atoms with Gasteiger partial charge >= 0.3 is 0 Å². The van der Waals surface area contributed by atoms with Crippen LogP contribution in [0.4, 0.5) is 21.8 Å². The molecule has 3 aromatic rings. The van der Waals surface area contributed by atoms with Crippen molar-refractivity contribution in [1.82, 2.24) is 19.4 Å². The van der Waals surface area contributed by atoms with Crippen LogP contribution in [0.1, 0.15) is 40.5 Å². The van der Waals surface area contributed by atoms with Crippen LogP contribution >= 0.6 is 0 Å². The molecule has 3 heterocycles. The van der Waals surface area contributed by atoms with E-state index in [2.05, 4.69) is 60.2 Å². The zero-order valence-corrected chi connectivity index (χ0v) is 22.0. The number of halogens is 1. The lowest BCUT2D eigenvalue weighted by Gasteiger charge is -2.53. The van der Waals surface area contributed by atoms with E-state index in [1.807, 2.05) is 47.3 Å². The van der Waals surface area contributed by atoms with E-state index in [4.69, 9.17) is 9.47 Å². The molecule has 0 radical (unpaired) electrons. The molecule has 0 spiro atoms. The molecule has 2 aromatic heterocycles. The van der Waals surface area contributed by atoms with Crippen molar-refractivity contribution in [2.24, 2.45) is 0 Å². The number of hydrogen-bond acceptors (Lipinski definition) is 7. The van der Waals surface area contributed by atoms with Crippen molar-refractivity contribution in [3.63, 3.8) is 0 Å². The summed E-state index contributed by atoms with van der Waals surface area (Å²) in [7, 11) is 3.75. The molecule has 0 bridgehead atoms. The maximum absolute atomic E-state index is 14.7. The summed E-state index contributed by atoms with van der Waals surface area (Å²) in [5.74, 6) is 1.29. The van der Waals surface area contributed by atoms with E-state index in [0.717, 1.165) is 19.4 Å². The first-order valence-electron chi connectivity index (χ1n) is 12.3. The van der Waals surface area contributed by atoms with Crippen molar-refractivity contribution in [1.29, 1.82) is 0 Å². The van der Waals surface area contributed by atoms with Crippen molar-refractivity contribution < 1.29 is 13.9 Å². The molecule has 1 fully saturated rings. The first-order valence-corrected chi connectivity index (χ1v) is 12.3. The zero-order valence-electron chi connectivity index (χ0n) is 22.0. The second kappa shape index (κ2) is 10.3. The molecule has 9 heteroatoms. The minimum absolute atomic E-state index is 0.0254. The molecule has 4 rings (SSSR count). The number of aromatic nitrogens is 3. The summed E-state index contributed by atoms with van der Waals surface area (Å²) in [6, 6.07) is 9.53. The van der Waals surface area contributed by atoms with Gasteiger partial charge in [0.1, 0.15) is 18.1 Å². The first kappa shape index (κ1) is 25.8. The highest BCUT2D eigenvalue weighted by molar-refractivity contribution is 5.60. The van der Waals surface area contributed by atoms with Gasteiger partial charge in [-0.05, 0) is 59.7 Å². The molecule has 1 aliphatic rings. The number of benzene rings is 1. The Morgan fingerprint density at radius 3 is 2.39 bits per heavy atom. The van der Waals surface area contributed by atoms with E-state index >= 15 is 0 Å². The van der Waals surface area contributed by atoms with Crippen molar-refractivity contribution in [3.8, 4) is 11.5 Å². The van der Waals surface area contributed by atoms with Crippen molar-refractivity contribution >= 4 is 17.5 Å². The Balaban J connectivity index is 1.47. The van der Waals surface area contributed by atoms with Gasteiger partial charge in [-0.2, -0.15) is 4.98 Å². The number of methoxy groups -OCH3 is 1. The number of ether oxygens (including phenoxy) is 2. The Hall–Kier alpha value is -3.33. The molecule has 2 N–H and O–H groups in total. The minimum Gasteiger partial charge on any atom is -0.497 e. The predicted molar refractivity (Wildman–Crippen MR) is 141 cm³/mol. The normalized spacial score (nSPS) is 17.5. The monoisotopic (exact) mass is 496 g/mol. The number of anilines is 3. The lowest BCUT2D eigenvalue weighted by molar-refractivity contribution is -0.00778. The Morgan fingerprint density at radius 2 is 1.72 bits per heavy atom. The summed E-state index contributed by atoms with van der Waals surface area (Å²) in [4.78, 5) is 11.0. The number of piperidine rings is 1. The van der Waals surface area contributed by atoms with Crippen LogP contribution in [0, 0.1) is 5.82 Å². The fourth-order valence-electron chi connectivity index (χ4n) is 4.96. The van der Waals surface area contributed by atoms with Gasteiger partial charge in [0.25, 0.3) is 0 Å². The van der Waals surface area contributed by atoms with E-state index in [1.54, 1.807) is 7.11 Å². The fourth-order valence-corrected chi connectivity index (χ4v) is 4.96. The third-order valence-corrected chi connectivity index (χ3v) is 7.05. The average molecular weight is 497 g/mol. The molecule has 1 saturated heterocycles. The number of hydrogen-bond donors (Lipinski definition) is 2. The van der Waals surface area contributed by atoms with Gasteiger partial charge < -0.3 is 24.7 Å². The summed E-state index contributed by atoms with van der Waals surface area (Å²) in [6.07, 6.45) is 6.93. The molecule has 0 aliphatic carbocycles. The van der Waals surface area contributed by atoms with Crippen molar-refractivity contribution in [2.75, 3.05) is 31.4 Å². The van der Waals surface area contributed by atoms with Crippen LogP contribution in [-0.4, -0.2) is 57.3 Å². The van der Waals surface area contributed by atoms with Crippen molar-refractivity contribution in [2.45, 2.75) is 64.2 Å². The van der Waals surface area contributed by atoms with Crippen LogP contribution in [-0.2, 0) is 6.54 Å². The predicted octanol–water partition coefficient (Wildman–Crippen LogP) is 5.31. The van der Waals surface area contributed by atoms with Gasteiger partial charge in [0.05, 0.1) is 19.9 Å². The quantitative estimate of drug-likeness (QED) is 0.416. The average Bonchev–Trinajstić information content (AvgIpc) is 3.33. The molecule has 1 aliphatic heterocycles. The van der Waals surface area contributed by atoms with Gasteiger partial charge in [0, 0.05) is 53.4 Å². The molecule has 36 heavy (non-hydrogen) atoms. The summed E-state index contributed by atoms with van der Waals surface area (Å²) in [6.45, 7) is 10.1. The van der Waals surface area contributed by atoms with Crippen LogP contribution in [0.5, 0.6) is 11.5 Å². The highest BCUT2D eigenvalue weighted by atomic mass is 19.1. The SMILES string of the molecule is COc1cc(Nc2ncc(F)c(NC3CC(C)(C)N(C)C(C)(C)C3)n2)cc(OCCn2cccc2)c1. The van der Waals surface area contributed by atoms with Crippen LogP contribution in [0.3, 0.4) is 0 Å². The lowest BCUT2D eigenvalue weighted by atomic mass is 9.77. The Morgan fingerprint density at radius 1 is 1.06 bits per heavy atom. The Kier molecular flexibility index (Phi) is 7.40. The third kappa shape index (κ3) is 6.07. The first-order chi connectivity index (χ1) is 17.1. The van der Waals surface area contributed by atoms with E-state index in [0.29, 0.717) is 23.8 Å². The molecular weight excluding hydrogens is 459 g/mol. The molecule has 0 saturated carbocycles. The topological polar surface area (TPSA) is 76.5 Å². The molecule has 1 aromatic carbocycles. The van der Waals surface area contributed by atoms with Crippen LogP contribution in [0.2, 0.25) is 0 Å². The summed E-state index contributed by atoms with van der Waals surface area (Å²) >= 11 is 0. The fraction of sp³-hybridized carbons (Fsp3) is 0.481. The van der Waals surface area contributed by atoms with Crippen molar-refractivity contribution in [3.05, 3.63) is 54.7 Å². The number of nitrogens with one attached hydrogen (secondary N) is 2. The Labute approximate surface area is 212 Å². The standard InChI is InChI=1S/C27H37FN6O2/c1-26(2)16-20(17-27(3,4)33(26)5)30-24-23(28)18-29-25(32-24)31-19-13-21(35-6)15-22(14-19)36-12-11-34-9-7-8-10-34/h7-10,13-15,18,20H,11-12,16-17H2,1-6H3,(H2,29,30,31,32). The summed E-state index contributed by atoms with van der Waals surface area (Å²) < 4.78 is 28.1. The third-order valence-electron chi connectivity index (χ3n) is 7.05. The number of likely N-dealkylation sites (tertiary alicyclic amines) is 1. The maximum atomic E-state index is 14.7. The van der Waals surface area contributed by atoms with Crippen LogP contribution in [0.25, 0.3) is 0 Å². The van der Waals surface area contributed by atoms with Gasteiger partial charge in [-0.1, -0.05) is 0 Å². The van der Waals surface area contributed by atoms with E-state index in [-0.39, 0.29) is 28.9 Å². The molecule has 0 atom stereocenters. The zero-order chi connectivity index (χ0) is 25.9. The number of nitrogens with zero attached hydrogens (tertiary/aromatic N) is 4. The molecule has 0 amide bonds. The summed E-state index contributed by atoms with van der Waals surface area (Å²) in [5, 5.41) is 6.50. The van der Waals surface area contributed by atoms with Gasteiger partial charge in [0.15, 0.2) is 11.6 Å². The highest BCUT2D eigenvalue weighted by Crippen LogP contribution is 2.38. The summed E-state index contributed by atoms with van der Waals surface area (Å²) in [5.41, 5.74) is 0.634. The van der Waals surface area contributed by atoms with E-state index in [1.165, 1.54) is 6.20 Å². The van der Waals surface area contributed by atoms with Gasteiger partial charge in [-0.3, -0.25) is 4.90 Å². The van der Waals surface area contributed by atoms with E-state index < -0.39 is 5.82 Å². The molecule has 194 valence electrons. The van der Waals surface area contributed by atoms with Crippen LogP contribution < -0.4 is 20.1 Å². The second-order valence-corrected chi connectivity index (χ2v) is 10.6. The van der Waals surface area contributed by atoms with Gasteiger partial charge in [-0.15, -0.1) is 0 Å². The van der Waals surface area contributed by atoms with Gasteiger partial charge in [0.2, 0.25) is 5.95 Å². The van der Waals surface area contributed by atoms with E-state index in [9.17, 15) is 4.39 Å². The Bertz CT molecular complexity index is 1150. The van der Waals surface area contributed by atoms with Gasteiger partial charge in [-0.25, -0.2) is 9.37 Å². The number of rotatable bonds is 9. The highest BCUT2D eigenvalue weighted by Gasteiger charge is 2.43. The maximum Gasteiger partial charge on any atom is 0.229 e. The lowest BCUT2D eigenvalue weighted by Crippen LogP contribution is -2.61. The van der Waals surface area contributed by atoms with Crippen LogP contribution in [0.15, 0.2) is 48.9 Å². The molecule has 0 unspecified atom stereocenters.